The lowest BCUT2D eigenvalue weighted by Gasteiger charge is -2.20. The van der Waals surface area contributed by atoms with E-state index in [0.29, 0.717) is 9.29 Å². The van der Waals surface area contributed by atoms with Crippen LogP contribution in [-0.2, 0) is 4.94 Å². The van der Waals surface area contributed by atoms with E-state index in [4.69, 9.17) is 4.94 Å². The van der Waals surface area contributed by atoms with Gasteiger partial charge >= 0.3 is 0 Å². The minimum Gasteiger partial charge on any atom is -0.127 e. The maximum Gasteiger partial charge on any atom is 0.166 e. The van der Waals surface area contributed by atoms with E-state index >= 15 is 0 Å². The molecule has 1 rings (SSSR count). The summed E-state index contributed by atoms with van der Waals surface area (Å²) in [5.74, 6) is 0. The lowest BCUT2D eigenvalue weighted by atomic mass is 10.5. The van der Waals surface area contributed by atoms with E-state index in [9.17, 15) is 0 Å². The summed E-state index contributed by atoms with van der Waals surface area (Å²) < 4.78 is 1.38. The summed E-state index contributed by atoms with van der Waals surface area (Å²) in [6.07, 6.45) is 0. The molecule has 0 aromatic heterocycles. The molecule has 0 atom stereocenters. The van der Waals surface area contributed by atoms with Crippen molar-refractivity contribution < 1.29 is 14.2 Å². The van der Waals surface area contributed by atoms with Crippen LogP contribution in [0.2, 0.25) is 0 Å². The predicted molar refractivity (Wildman–Crippen MR) is 35.0 cm³/mol. The average Bonchev–Trinajstić information content (AvgIpc) is 1.78. The fourth-order valence-corrected chi connectivity index (χ4v) is 1.16. The van der Waals surface area contributed by atoms with E-state index in [1.165, 1.54) is 0 Å². The molecule has 9 heavy (non-hydrogen) atoms. The summed E-state index contributed by atoms with van der Waals surface area (Å²) >= 11 is 0. The third-order valence-corrected chi connectivity index (χ3v) is 1.62. The number of hydrogen-bond acceptors (Lipinski definition) is 1. The molecule has 1 saturated heterocycles. The van der Waals surface area contributed by atoms with Crippen LogP contribution >= 0.6 is 0 Å². The molecule has 0 unspecified atom stereocenters. The van der Waals surface area contributed by atoms with Crippen molar-refractivity contribution in [3.05, 3.63) is 0 Å². The molecule has 1 aliphatic rings. The van der Waals surface area contributed by atoms with Gasteiger partial charge in [-0.3, -0.25) is 0 Å². The molecule has 0 N–H and O–H groups in total. The Kier molecular flexibility index (Phi) is 1.31. The molecule has 0 radical (unpaired) electrons. The van der Waals surface area contributed by atoms with Gasteiger partial charge in [-0.15, -0.1) is 9.29 Å². The number of hydrogen-bond donors (Lipinski definition) is 0. The second kappa shape index (κ2) is 1.68. The molecule has 0 amide bonds. The first-order valence-corrected chi connectivity index (χ1v) is 3.29. The molecule has 0 bridgehead atoms. The Morgan fingerprint density at radius 3 is 1.33 bits per heavy atom. The van der Waals surface area contributed by atoms with Crippen LogP contribution in [0, 0.1) is 0 Å². The minimum absolute atomic E-state index is 0.688. The van der Waals surface area contributed by atoms with E-state index in [-0.39, 0.29) is 0 Å². The molecule has 3 nitrogen and oxygen atoms in total. The van der Waals surface area contributed by atoms with Crippen LogP contribution in [-0.4, -0.2) is 50.6 Å². The summed E-state index contributed by atoms with van der Waals surface area (Å²) in [6.45, 7) is 2.21. The minimum atomic E-state index is 0.688. The zero-order chi connectivity index (χ0) is 7.12. The zero-order valence-corrected chi connectivity index (χ0v) is 6.72. The summed E-state index contributed by atoms with van der Waals surface area (Å²) in [5.41, 5.74) is 0. The van der Waals surface area contributed by atoms with Crippen molar-refractivity contribution >= 4 is 0 Å². The van der Waals surface area contributed by atoms with E-state index in [0.717, 1.165) is 13.1 Å². The van der Waals surface area contributed by atoms with E-state index in [1.54, 1.807) is 0 Å². The number of rotatable bonds is 0. The summed E-state index contributed by atoms with van der Waals surface area (Å²) in [6, 6.07) is 0. The molecule has 0 spiro atoms. The van der Waals surface area contributed by atoms with Crippen molar-refractivity contribution in [3.63, 3.8) is 0 Å². The Bertz CT molecular complexity index is 106. The smallest absolute Gasteiger partial charge is 0.127 e. The highest BCUT2D eigenvalue weighted by molar-refractivity contribution is 4.25. The van der Waals surface area contributed by atoms with Crippen molar-refractivity contribution in [2.24, 2.45) is 0 Å². The Labute approximate surface area is 56.5 Å². The number of nitrogens with zero attached hydrogens (tertiary/aromatic N) is 2. The SMILES string of the molecule is C[N+]1(C)CC[N+](C)(C)O1. The molecule has 54 valence electrons. The van der Waals surface area contributed by atoms with Crippen molar-refractivity contribution in [2.45, 2.75) is 0 Å². The van der Waals surface area contributed by atoms with Gasteiger partial charge in [0, 0.05) is 0 Å². The predicted octanol–water partition coefficient (Wildman–Crippen LogP) is -0.000600. The molecular formula is C6H16N2O+2. The maximum absolute atomic E-state index is 5.61. The standard InChI is InChI=1S/C6H16N2O/c1-7(2)5-6-8(3,4)9-7/h5-6H2,1-4H3/q+2. The zero-order valence-electron chi connectivity index (χ0n) is 6.72. The van der Waals surface area contributed by atoms with Gasteiger partial charge in [-0.1, -0.05) is 0 Å². The molecule has 1 heterocycles. The largest absolute Gasteiger partial charge is 0.166 e. The van der Waals surface area contributed by atoms with E-state index < -0.39 is 0 Å². The first-order chi connectivity index (χ1) is 3.91. The Balaban J connectivity index is 2.58. The summed E-state index contributed by atoms with van der Waals surface area (Å²) in [5, 5.41) is 0. The van der Waals surface area contributed by atoms with Crippen molar-refractivity contribution in [2.75, 3.05) is 41.3 Å². The van der Waals surface area contributed by atoms with Crippen molar-refractivity contribution in [1.29, 1.82) is 0 Å². The Hall–Kier alpha value is -0.120. The van der Waals surface area contributed by atoms with Crippen molar-refractivity contribution in [1.82, 2.24) is 0 Å². The fraction of sp³-hybridized carbons (Fsp3) is 1.00. The Morgan fingerprint density at radius 2 is 1.22 bits per heavy atom. The van der Waals surface area contributed by atoms with Crippen molar-refractivity contribution in [3.8, 4) is 0 Å². The van der Waals surface area contributed by atoms with Gasteiger partial charge < -0.3 is 0 Å². The lowest BCUT2D eigenvalue weighted by molar-refractivity contribution is -1.28. The first-order valence-electron chi connectivity index (χ1n) is 3.29. The number of quaternary nitrogens is 2. The molecule has 0 aromatic carbocycles. The number of likely N-dealkylation sites (N-methyl/N-ethyl adjacent to an activating group) is 2. The molecule has 1 fully saturated rings. The van der Waals surface area contributed by atoms with E-state index in [1.807, 2.05) is 0 Å². The second-order valence-corrected chi connectivity index (χ2v) is 3.68. The van der Waals surface area contributed by atoms with Crippen LogP contribution in [0.5, 0.6) is 0 Å². The normalized spacial score (nSPS) is 30.7. The molecule has 3 heteroatoms. The number of hydroxylamine groups is 6. The third kappa shape index (κ3) is 1.64. The van der Waals surface area contributed by atoms with Gasteiger partial charge in [0.05, 0.1) is 0 Å². The van der Waals surface area contributed by atoms with Crippen LogP contribution in [0.4, 0.5) is 0 Å². The molecule has 0 aromatic rings. The highest BCUT2D eigenvalue weighted by Gasteiger charge is 2.40. The van der Waals surface area contributed by atoms with Gasteiger partial charge in [-0.05, 0) is 4.94 Å². The second-order valence-electron chi connectivity index (χ2n) is 3.68. The Morgan fingerprint density at radius 1 is 0.889 bits per heavy atom. The lowest BCUT2D eigenvalue weighted by Crippen LogP contribution is -2.41. The van der Waals surface area contributed by atoms with Gasteiger partial charge in [0.15, 0.2) is 13.1 Å². The highest BCUT2D eigenvalue weighted by Crippen LogP contribution is 2.15. The monoisotopic (exact) mass is 132 g/mol. The van der Waals surface area contributed by atoms with Crippen LogP contribution < -0.4 is 0 Å². The molecule has 0 saturated carbocycles. The van der Waals surface area contributed by atoms with E-state index in [2.05, 4.69) is 28.2 Å². The van der Waals surface area contributed by atoms with Gasteiger partial charge in [0.2, 0.25) is 0 Å². The summed E-state index contributed by atoms with van der Waals surface area (Å²) in [7, 11) is 8.31. The van der Waals surface area contributed by atoms with Gasteiger partial charge in [0.25, 0.3) is 0 Å². The highest BCUT2D eigenvalue weighted by atomic mass is 16.9. The topological polar surface area (TPSA) is 9.23 Å². The third-order valence-electron chi connectivity index (χ3n) is 1.62. The van der Waals surface area contributed by atoms with Gasteiger partial charge in [-0.2, -0.15) is 0 Å². The molecule has 0 aliphatic carbocycles. The average molecular weight is 132 g/mol. The summed E-state index contributed by atoms with van der Waals surface area (Å²) in [4.78, 5) is 5.61. The van der Waals surface area contributed by atoms with Gasteiger partial charge in [0.1, 0.15) is 28.2 Å². The molecule has 1 aliphatic heterocycles. The van der Waals surface area contributed by atoms with Crippen LogP contribution in [0.15, 0.2) is 0 Å². The van der Waals surface area contributed by atoms with Gasteiger partial charge in [-0.25, -0.2) is 0 Å². The maximum atomic E-state index is 5.61. The fourth-order valence-electron chi connectivity index (χ4n) is 1.16. The van der Waals surface area contributed by atoms with Crippen LogP contribution in [0.3, 0.4) is 0 Å². The quantitative estimate of drug-likeness (QED) is 0.422. The molecular weight excluding hydrogens is 116 g/mol. The first kappa shape index (κ1) is 6.99. The van der Waals surface area contributed by atoms with Crippen LogP contribution in [0.1, 0.15) is 0 Å². The van der Waals surface area contributed by atoms with Crippen LogP contribution in [0.25, 0.3) is 0 Å².